The summed E-state index contributed by atoms with van der Waals surface area (Å²) in [5.41, 5.74) is 3.72. The molecule has 2 aromatic carbocycles. The van der Waals surface area contributed by atoms with Crippen molar-refractivity contribution in [3.63, 3.8) is 0 Å². The number of ether oxygens (including phenoxy) is 3. The average Bonchev–Trinajstić information content (AvgIpc) is 3.30. The fourth-order valence-corrected chi connectivity index (χ4v) is 5.18. The molecule has 5 heteroatoms. The fourth-order valence-electron chi connectivity index (χ4n) is 5.18. The van der Waals surface area contributed by atoms with Crippen LogP contribution < -0.4 is 4.74 Å². The summed E-state index contributed by atoms with van der Waals surface area (Å²) in [6.45, 7) is 6.80. The second kappa shape index (κ2) is 8.38. The van der Waals surface area contributed by atoms with Gasteiger partial charge in [-0.15, -0.1) is 0 Å². The van der Waals surface area contributed by atoms with Crippen molar-refractivity contribution in [2.75, 3.05) is 26.3 Å². The molecule has 0 atom stereocenters. The fraction of sp³-hybridized carbons (Fsp3) is 0.444. The molecule has 1 saturated heterocycles. The quantitative estimate of drug-likeness (QED) is 0.677. The maximum Gasteiger partial charge on any atom is 0.253 e. The van der Waals surface area contributed by atoms with E-state index in [0.717, 1.165) is 53.7 Å². The zero-order valence-corrected chi connectivity index (χ0v) is 18.9. The minimum Gasteiger partial charge on any atom is -0.483 e. The summed E-state index contributed by atoms with van der Waals surface area (Å²) < 4.78 is 18.5. The number of nitrogens with zero attached hydrogens (tertiary/aromatic N) is 1. The lowest BCUT2D eigenvalue weighted by molar-refractivity contribution is -0.193. The third-order valence-corrected chi connectivity index (χ3v) is 7.06. The van der Waals surface area contributed by atoms with Crippen molar-refractivity contribution in [2.45, 2.75) is 50.9 Å². The number of fused-ring (bicyclic) bond motifs is 1. The van der Waals surface area contributed by atoms with Gasteiger partial charge in [0.25, 0.3) is 5.91 Å². The minimum atomic E-state index is -0.425. The highest BCUT2D eigenvalue weighted by Crippen LogP contribution is 2.48. The van der Waals surface area contributed by atoms with E-state index in [1.54, 1.807) is 0 Å². The zero-order valence-electron chi connectivity index (χ0n) is 18.9. The standard InChI is InChI=1S/C27H31NO4/c1-3-28(4-2)25(29)21-11-9-20(10-12-21)23-19-26(32-24-8-6-5-7-22(23)24)13-15-27(16-14-26)30-17-18-31-27/h5-12,19H,3-4,13-18H2,1-2H3. The predicted molar refractivity (Wildman–Crippen MR) is 124 cm³/mol. The maximum atomic E-state index is 12.7. The first-order chi connectivity index (χ1) is 15.6. The molecule has 0 bridgehead atoms. The van der Waals surface area contributed by atoms with E-state index in [4.69, 9.17) is 14.2 Å². The molecule has 3 aliphatic rings. The van der Waals surface area contributed by atoms with Crippen LogP contribution in [0.2, 0.25) is 0 Å². The Bertz CT molecular complexity index is 1010. The van der Waals surface area contributed by atoms with Crippen LogP contribution in [-0.2, 0) is 9.47 Å². The molecular weight excluding hydrogens is 402 g/mol. The number of para-hydroxylation sites is 1. The van der Waals surface area contributed by atoms with Crippen molar-refractivity contribution in [3.8, 4) is 5.75 Å². The third kappa shape index (κ3) is 3.74. The number of hydrogen-bond acceptors (Lipinski definition) is 4. The van der Waals surface area contributed by atoms with Crippen molar-refractivity contribution in [2.24, 2.45) is 0 Å². The molecule has 2 spiro atoms. The van der Waals surface area contributed by atoms with Crippen LogP contribution in [0.4, 0.5) is 0 Å². The van der Waals surface area contributed by atoms with E-state index in [-0.39, 0.29) is 11.5 Å². The third-order valence-electron chi connectivity index (χ3n) is 7.06. The molecule has 1 amide bonds. The largest absolute Gasteiger partial charge is 0.483 e. The van der Waals surface area contributed by atoms with E-state index in [0.29, 0.717) is 26.3 Å². The Morgan fingerprint density at radius 1 is 0.906 bits per heavy atom. The Balaban J connectivity index is 1.46. The first-order valence-electron chi connectivity index (χ1n) is 11.8. The van der Waals surface area contributed by atoms with Crippen molar-refractivity contribution >= 4 is 11.5 Å². The highest BCUT2D eigenvalue weighted by atomic mass is 16.7. The normalized spacial score (nSPS) is 20.5. The molecule has 32 heavy (non-hydrogen) atoms. The van der Waals surface area contributed by atoms with Gasteiger partial charge >= 0.3 is 0 Å². The SMILES string of the molecule is CCN(CC)C(=O)c1ccc(C2=CC3(CCC4(CC3)OCCO4)Oc3ccccc32)cc1. The molecule has 5 rings (SSSR count). The summed E-state index contributed by atoms with van der Waals surface area (Å²) in [5.74, 6) is 0.567. The van der Waals surface area contributed by atoms with E-state index in [1.807, 2.05) is 43.0 Å². The van der Waals surface area contributed by atoms with Gasteiger partial charge in [-0.2, -0.15) is 0 Å². The summed E-state index contributed by atoms with van der Waals surface area (Å²) in [5, 5.41) is 0. The molecule has 2 heterocycles. The van der Waals surface area contributed by atoms with Crippen molar-refractivity contribution in [1.82, 2.24) is 4.90 Å². The van der Waals surface area contributed by atoms with Crippen LogP contribution in [0.25, 0.3) is 5.57 Å². The van der Waals surface area contributed by atoms with E-state index in [2.05, 4.69) is 30.3 Å². The van der Waals surface area contributed by atoms with Crippen LogP contribution in [-0.4, -0.2) is 48.5 Å². The Hall–Kier alpha value is -2.63. The molecule has 0 radical (unpaired) electrons. The number of benzene rings is 2. The van der Waals surface area contributed by atoms with Gasteiger partial charge in [0.15, 0.2) is 5.79 Å². The van der Waals surface area contributed by atoms with E-state index < -0.39 is 5.79 Å². The Morgan fingerprint density at radius 2 is 1.56 bits per heavy atom. The first-order valence-corrected chi connectivity index (χ1v) is 11.8. The molecular formula is C27H31NO4. The summed E-state index contributed by atoms with van der Waals surface area (Å²) in [6, 6.07) is 16.2. The van der Waals surface area contributed by atoms with Gasteiger partial charge in [-0.25, -0.2) is 0 Å². The number of hydrogen-bond donors (Lipinski definition) is 0. The first kappa shape index (κ1) is 21.2. The van der Waals surface area contributed by atoms with Crippen LogP contribution in [0.5, 0.6) is 5.75 Å². The van der Waals surface area contributed by atoms with E-state index >= 15 is 0 Å². The average molecular weight is 434 g/mol. The maximum absolute atomic E-state index is 12.7. The predicted octanol–water partition coefficient (Wildman–Crippen LogP) is 5.05. The van der Waals surface area contributed by atoms with E-state index in [1.165, 1.54) is 0 Å². The summed E-state index contributed by atoms with van der Waals surface area (Å²) in [7, 11) is 0. The molecule has 2 fully saturated rings. The summed E-state index contributed by atoms with van der Waals surface area (Å²) in [6.07, 6.45) is 5.65. The number of amides is 1. The number of carbonyl (C=O) groups is 1. The van der Waals surface area contributed by atoms with Gasteiger partial charge in [-0.3, -0.25) is 4.79 Å². The van der Waals surface area contributed by atoms with Crippen molar-refractivity contribution in [1.29, 1.82) is 0 Å². The molecule has 0 aromatic heterocycles. The second-order valence-corrected chi connectivity index (χ2v) is 8.88. The van der Waals surface area contributed by atoms with Crippen LogP contribution >= 0.6 is 0 Å². The summed E-state index contributed by atoms with van der Waals surface area (Å²) >= 11 is 0. The van der Waals surface area contributed by atoms with Crippen LogP contribution in [0.3, 0.4) is 0 Å². The van der Waals surface area contributed by atoms with Crippen molar-refractivity contribution in [3.05, 3.63) is 71.3 Å². The Kier molecular flexibility index (Phi) is 5.56. The lowest BCUT2D eigenvalue weighted by Crippen LogP contribution is -2.47. The number of carbonyl (C=O) groups excluding carboxylic acids is 1. The monoisotopic (exact) mass is 433 g/mol. The topological polar surface area (TPSA) is 48.0 Å². The van der Waals surface area contributed by atoms with Crippen LogP contribution in [0, 0.1) is 0 Å². The highest BCUT2D eigenvalue weighted by Gasteiger charge is 2.48. The van der Waals surface area contributed by atoms with Gasteiger partial charge < -0.3 is 19.1 Å². The molecule has 2 aliphatic heterocycles. The summed E-state index contributed by atoms with van der Waals surface area (Å²) in [4.78, 5) is 14.6. The molecule has 0 N–H and O–H groups in total. The molecule has 0 unspecified atom stereocenters. The van der Waals surface area contributed by atoms with Crippen LogP contribution in [0.1, 0.15) is 61.0 Å². The molecule has 1 aliphatic carbocycles. The van der Waals surface area contributed by atoms with Gasteiger partial charge in [-0.05, 0) is 62.1 Å². The molecule has 1 saturated carbocycles. The van der Waals surface area contributed by atoms with Gasteiger partial charge in [0.2, 0.25) is 0 Å². The number of rotatable bonds is 4. The molecule has 5 nitrogen and oxygen atoms in total. The van der Waals surface area contributed by atoms with Gasteiger partial charge in [0.05, 0.1) is 13.2 Å². The Labute approximate surface area is 190 Å². The minimum absolute atomic E-state index is 0.0773. The Morgan fingerprint density at radius 3 is 2.22 bits per heavy atom. The lowest BCUT2D eigenvalue weighted by Gasteiger charge is -2.44. The smallest absolute Gasteiger partial charge is 0.253 e. The molecule has 168 valence electrons. The second-order valence-electron chi connectivity index (χ2n) is 8.88. The molecule has 2 aromatic rings. The zero-order chi connectivity index (χ0) is 22.2. The van der Waals surface area contributed by atoms with Gasteiger partial charge in [0.1, 0.15) is 11.4 Å². The van der Waals surface area contributed by atoms with Crippen molar-refractivity contribution < 1.29 is 19.0 Å². The lowest BCUT2D eigenvalue weighted by atomic mass is 9.77. The highest BCUT2D eigenvalue weighted by molar-refractivity contribution is 5.95. The van der Waals surface area contributed by atoms with Gasteiger partial charge in [-0.1, -0.05) is 30.3 Å². The van der Waals surface area contributed by atoms with E-state index in [9.17, 15) is 4.79 Å². The van der Waals surface area contributed by atoms with Crippen LogP contribution in [0.15, 0.2) is 54.6 Å². The van der Waals surface area contributed by atoms with Gasteiger partial charge in [0, 0.05) is 37.1 Å².